The van der Waals surface area contributed by atoms with Gasteiger partial charge in [0.05, 0.1) is 17.7 Å². The Morgan fingerprint density at radius 1 is 1.55 bits per heavy atom. The van der Waals surface area contributed by atoms with Gasteiger partial charge in [-0.05, 0) is 53.9 Å². The SMILES string of the molecule is CCNC(CC1CCCO1)c1cc(Cl)cc(Br)c1OC. The van der Waals surface area contributed by atoms with Gasteiger partial charge in [-0.3, -0.25) is 0 Å². The number of nitrogens with one attached hydrogen (secondary N) is 1. The molecule has 1 fully saturated rings. The number of hydrogen-bond acceptors (Lipinski definition) is 3. The van der Waals surface area contributed by atoms with Crippen molar-refractivity contribution in [1.82, 2.24) is 5.32 Å². The van der Waals surface area contributed by atoms with Crippen LogP contribution in [0.1, 0.15) is 37.8 Å². The Balaban J connectivity index is 2.27. The molecule has 0 aromatic heterocycles. The molecule has 20 heavy (non-hydrogen) atoms. The summed E-state index contributed by atoms with van der Waals surface area (Å²) in [6.07, 6.45) is 3.55. The molecule has 2 atom stereocenters. The van der Waals surface area contributed by atoms with Gasteiger partial charge in [0.25, 0.3) is 0 Å². The number of halogens is 2. The summed E-state index contributed by atoms with van der Waals surface area (Å²) in [6.45, 7) is 3.87. The summed E-state index contributed by atoms with van der Waals surface area (Å²) >= 11 is 9.72. The van der Waals surface area contributed by atoms with Crippen molar-refractivity contribution in [3.05, 3.63) is 27.2 Å². The van der Waals surface area contributed by atoms with Gasteiger partial charge in [0.1, 0.15) is 5.75 Å². The minimum Gasteiger partial charge on any atom is -0.495 e. The van der Waals surface area contributed by atoms with Crippen LogP contribution in [-0.4, -0.2) is 26.4 Å². The number of rotatable bonds is 6. The van der Waals surface area contributed by atoms with E-state index in [-0.39, 0.29) is 6.04 Å². The van der Waals surface area contributed by atoms with E-state index < -0.39 is 0 Å². The van der Waals surface area contributed by atoms with E-state index >= 15 is 0 Å². The van der Waals surface area contributed by atoms with Crippen LogP contribution < -0.4 is 10.1 Å². The van der Waals surface area contributed by atoms with E-state index in [2.05, 4.69) is 28.2 Å². The van der Waals surface area contributed by atoms with Crippen molar-refractivity contribution in [2.24, 2.45) is 0 Å². The standard InChI is InChI=1S/C15H21BrClNO2/c1-3-18-14(9-11-5-4-6-20-11)12-7-10(17)8-13(16)15(12)19-2/h7-8,11,14,18H,3-6,9H2,1-2H3. The Morgan fingerprint density at radius 3 is 2.95 bits per heavy atom. The maximum atomic E-state index is 6.20. The van der Waals surface area contributed by atoms with Gasteiger partial charge in [-0.1, -0.05) is 18.5 Å². The van der Waals surface area contributed by atoms with Gasteiger partial charge < -0.3 is 14.8 Å². The average molecular weight is 363 g/mol. The summed E-state index contributed by atoms with van der Waals surface area (Å²) in [6, 6.07) is 4.03. The van der Waals surface area contributed by atoms with Gasteiger partial charge in [-0.15, -0.1) is 0 Å². The summed E-state index contributed by atoms with van der Waals surface area (Å²) in [5.74, 6) is 0.846. The van der Waals surface area contributed by atoms with Crippen LogP contribution in [0.3, 0.4) is 0 Å². The van der Waals surface area contributed by atoms with E-state index in [1.807, 2.05) is 12.1 Å². The molecule has 1 aliphatic heterocycles. The quantitative estimate of drug-likeness (QED) is 0.817. The predicted octanol–water partition coefficient (Wildman–Crippen LogP) is 4.33. The summed E-state index contributed by atoms with van der Waals surface area (Å²) in [4.78, 5) is 0. The average Bonchev–Trinajstić information content (AvgIpc) is 2.90. The molecule has 112 valence electrons. The highest BCUT2D eigenvalue weighted by Crippen LogP contribution is 2.38. The van der Waals surface area contributed by atoms with Crippen molar-refractivity contribution in [3.8, 4) is 5.75 Å². The number of methoxy groups -OCH3 is 1. The molecular formula is C15H21BrClNO2. The molecule has 1 aromatic carbocycles. The lowest BCUT2D eigenvalue weighted by molar-refractivity contribution is 0.0944. The van der Waals surface area contributed by atoms with E-state index in [0.29, 0.717) is 11.1 Å². The Labute approximate surface area is 134 Å². The lowest BCUT2D eigenvalue weighted by Crippen LogP contribution is -2.25. The molecule has 3 nitrogen and oxygen atoms in total. The van der Waals surface area contributed by atoms with Crippen molar-refractivity contribution in [2.75, 3.05) is 20.3 Å². The molecule has 0 saturated carbocycles. The second-order valence-corrected chi connectivity index (χ2v) is 6.28. The molecule has 1 aromatic rings. The molecule has 5 heteroatoms. The van der Waals surface area contributed by atoms with Crippen molar-refractivity contribution >= 4 is 27.5 Å². The van der Waals surface area contributed by atoms with Gasteiger partial charge in [0, 0.05) is 23.2 Å². The van der Waals surface area contributed by atoms with Gasteiger partial charge in [-0.2, -0.15) is 0 Å². The van der Waals surface area contributed by atoms with Crippen molar-refractivity contribution < 1.29 is 9.47 Å². The van der Waals surface area contributed by atoms with Gasteiger partial charge in [0.2, 0.25) is 0 Å². The summed E-state index contributed by atoms with van der Waals surface area (Å²) in [7, 11) is 1.69. The van der Waals surface area contributed by atoms with Crippen molar-refractivity contribution in [1.29, 1.82) is 0 Å². The van der Waals surface area contributed by atoms with E-state index in [1.165, 1.54) is 0 Å². The zero-order chi connectivity index (χ0) is 14.5. The summed E-state index contributed by atoms with van der Waals surface area (Å²) < 4.78 is 12.2. The molecule has 1 saturated heterocycles. The van der Waals surface area contributed by atoms with Crippen LogP contribution >= 0.6 is 27.5 Å². The first-order chi connectivity index (χ1) is 9.65. The Morgan fingerprint density at radius 2 is 2.35 bits per heavy atom. The van der Waals surface area contributed by atoms with E-state index in [1.54, 1.807) is 7.11 Å². The van der Waals surface area contributed by atoms with Crippen LogP contribution in [0.4, 0.5) is 0 Å². The zero-order valence-corrected chi connectivity index (χ0v) is 14.3. The normalized spacial score (nSPS) is 20.1. The second-order valence-electron chi connectivity index (χ2n) is 4.99. The molecule has 0 radical (unpaired) electrons. The smallest absolute Gasteiger partial charge is 0.137 e. The van der Waals surface area contributed by atoms with E-state index in [0.717, 1.165) is 48.2 Å². The molecule has 2 rings (SSSR count). The van der Waals surface area contributed by atoms with Crippen LogP contribution in [0.25, 0.3) is 0 Å². The lowest BCUT2D eigenvalue weighted by atomic mass is 9.98. The molecule has 1 aliphatic rings. The first kappa shape index (κ1) is 16.1. The third-order valence-electron chi connectivity index (χ3n) is 3.59. The summed E-state index contributed by atoms with van der Waals surface area (Å²) in [5, 5.41) is 4.23. The predicted molar refractivity (Wildman–Crippen MR) is 85.7 cm³/mol. The molecule has 1 heterocycles. The van der Waals surface area contributed by atoms with Crippen LogP contribution in [0.5, 0.6) is 5.75 Å². The monoisotopic (exact) mass is 361 g/mol. The third-order valence-corrected chi connectivity index (χ3v) is 4.40. The topological polar surface area (TPSA) is 30.5 Å². The van der Waals surface area contributed by atoms with E-state index in [9.17, 15) is 0 Å². The van der Waals surface area contributed by atoms with Crippen molar-refractivity contribution in [2.45, 2.75) is 38.3 Å². The fourth-order valence-electron chi connectivity index (χ4n) is 2.71. The highest BCUT2D eigenvalue weighted by molar-refractivity contribution is 9.10. The first-order valence-corrected chi connectivity index (χ1v) is 8.20. The van der Waals surface area contributed by atoms with E-state index in [4.69, 9.17) is 21.1 Å². The highest BCUT2D eigenvalue weighted by Gasteiger charge is 2.24. The lowest BCUT2D eigenvalue weighted by Gasteiger charge is -2.24. The molecule has 0 bridgehead atoms. The van der Waals surface area contributed by atoms with Crippen molar-refractivity contribution in [3.63, 3.8) is 0 Å². The van der Waals surface area contributed by atoms with Crippen LogP contribution in [0.2, 0.25) is 5.02 Å². The summed E-state index contributed by atoms with van der Waals surface area (Å²) in [5.41, 5.74) is 1.09. The fraction of sp³-hybridized carbons (Fsp3) is 0.600. The third kappa shape index (κ3) is 3.88. The molecule has 0 aliphatic carbocycles. The first-order valence-electron chi connectivity index (χ1n) is 7.03. The number of hydrogen-bond donors (Lipinski definition) is 1. The Hall–Kier alpha value is -0.290. The maximum absolute atomic E-state index is 6.20. The fourth-order valence-corrected chi connectivity index (χ4v) is 3.71. The van der Waals surface area contributed by atoms with Crippen LogP contribution in [0, 0.1) is 0 Å². The minimum absolute atomic E-state index is 0.188. The Bertz CT molecular complexity index is 450. The molecule has 0 amide bonds. The van der Waals surface area contributed by atoms with Gasteiger partial charge in [0.15, 0.2) is 0 Å². The largest absolute Gasteiger partial charge is 0.495 e. The number of benzene rings is 1. The minimum atomic E-state index is 0.188. The number of ether oxygens (including phenoxy) is 2. The van der Waals surface area contributed by atoms with Crippen LogP contribution in [0.15, 0.2) is 16.6 Å². The molecule has 1 N–H and O–H groups in total. The maximum Gasteiger partial charge on any atom is 0.137 e. The molecular weight excluding hydrogens is 342 g/mol. The zero-order valence-electron chi connectivity index (χ0n) is 11.9. The Kier molecular flexibility index (Phi) is 6.15. The van der Waals surface area contributed by atoms with Gasteiger partial charge >= 0.3 is 0 Å². The second kappa shape index (κ2) is 7.64. The molecule has 2 unspecified atom stereocenters. The molecule has 0 spiro atoms. The van der Waals surface area contributed by atoms with Gasteiger partial charge in [-0.25, -0.2) is 0 Å². The van der Waals surface area contributed by atoms with Crippen LogP contribution in [-0.2, 0) is 4.74 Å². The highest BCUT2D eigenvalue weighted by atomic mass is 79.9.